The molecule has 0 spiro atoms. The van der Waals surface area contributed by atoms with E-state index in [1.54, 1.807) is 12.2 Å². The molecule has 2 nitrogen and oxygen atoms in total. The first kappa shape index (κ1) is 10.4. The normalized spacial score (nSPS) is 33.2. The SMILES string of the molecule is CC1=CC2=CC(=O)CC(C)(C)[C@]2(O)C=C1. The lowest BCUT2D eigenvalue weighted by Gasteiger charge is -2.45. The van der Waals surface area contributed by atoms with Crippen LogP contribution in [-0.2, 0) is 4.79 Å². The van der Waals surface area contributed by atoms with Crippen molar-refractivity contribution in [3.8, 4) is 0 Å². The third kappa shape index (κ3) is 1.40. The van der Waals surface area contributed by atoms with Crippen molar-refractivity contribution in [2.24, 2.45) is 5.41 Å². The van der Waals surface area contributed by atoms with Crippen molar-refractivity contribution in [1.82, 2.24) is 0 Å². The Labute approximate surface area is 90.0 Å². The number of ketones is 1. The zero-order chi connectivity index (χ0) is 11.3. The summed E-state index contributed by atoms with van der Waals surface area (Å²) in [7, 11) is 0. The van der Waals surface area contributed by atoms with Crippen LogP contribution < -0.4 is 0 Å². The van der Waals surface area contributed by atoms with Gasteiger partial charge in [0.15, 0.2) is 5.78 Å². The van der Waals surface area contributed by atoms with Crippen molar-refractivity contribution in [2.75, 3.05) is 0 Å². The monoisotopic (exact) mass is 204 g/mol. The standard InChI is InChI=1S/C13H16O2/c1-9-4-5-13(15)10(6-9)7-11(14)8-12(13,2)3/h4-7,15H,8H2,1-3H3/t13-/m0/s1. The van der Waals surface area contributed by atoms with Gasteiger partial charge in [0.2, 0.25) is 0 Å². The lowest BCUT2D eigenvalue weighted by atomic mass is 9.63. The molecule has 0 heterocycles. The average Bonchev–Trinajstić information content (AvgIpc) is 2.08. The van der Waals surface area contributed by atoms with Gasteiger partial charge in [-0.1, -0.05) is 31.6 Å². The van der Waals surface area contributed by atoms with Gasteiger partial charge in [-0.3, -0.25) is 4.79 Å². The molecule has 2 aliphatic carbocycles. The Morgan fingerprint density at radius 1 is 1.33 bits per heavy atom. The van der Waals surface area contributed by atoms with Crippen LogP contribution in [0, 0.1) is 5.41 Å². The van der Waals surface area contributed by atoms with Crippen molar-refractivity contribution in [3.63, 3.8) is 0 Å². The molecule has 0 aromatic rings. The van der Waals surface area contributed by atoms with Crippen molar-refractivity contribution in [1.29, 1.82) is 0 Å². The summed E-state index contributed by atoms with van der Waals surface area (Å²) in [6, 6.07) is 0. The van der Waals surface area contributed by atoms with E-state index in [0.717, 1.165) is 11.1 Å². The van der Waals surface area contributed by atoms with Gasteiger partial charge in [-0.15, -0.1) is 0 Å². The molecule has 2 heteroatoms. The van der Waals surface area contributed by atoms with Crippen LogP contribution in [0.15, 0.2) is 35.5 Å². The fourth-order valence-corrected chi connectivity index (χ4v) is 2.31. The van der Waals surface area contributed by atoms with Crippen LogP contribution in [0.3, 0.4) is 0 Å². The average molecular weight is 204 g/mol. The topological polar surface area (TPSA) is 37.3 Å². The fraction of sp³-hybridized carbons (Fsp3) is 0.462. The van der Waals surface area contributed by atoms with Crippen LogP contribution in [0.1, 0.15) is 27.2 Å². The molecule has 0 saturated heterocycles. The number of hydrogen-bond acceptors (Lipinski definition) is 2. The molecule has 80 valence electrons. The van der Waals surface area contributed by atoms with Gasteiger partial charge in [0.1, 0.15) is 5.60 Å². The van der Waals surface area contributed by atoms with Gasteiger partial charge < -0.3 is 5.11 Å². The molecule has 1 N–H and O–H groups in total. The number of carbonyl (C=O) groups is 1. The van der Waals surface area contributed by atoms with Gasteiger partial charge in [0.05, 0.1) is 0 Å². The van der Waals surface area contributed by atoms with Crippen LogP contribution in [0.25, 0.3) is 0 Å². The maximum absolute atomic E-state index is 11.5. The Morgan fingerprint density at radius 2 is 2.00 bits per heavy atom. The molecule has 0 bridgehead atoms. The summed E-state index contributed by atoms with van der Waals surface area (Å²) in [5, 5.41) is 10.6. The lowest BCUT2D eigenvalue weighted by Crippen LogP contribution is -2.49. The third-order valence-corrected chi connectivity index (χ3v) is 3.38. The quantitative estimate of drug-likeness (QED) is 0.656. The first-order chi connectivity index (χ1) is 6.85. The van der Waals surface area contributed by atoms with E-state index in [2.05, 4.69) is 0 Å². The van der Waals surface area contributed by atoms with Crippen LogP contribution in [-0.4, -0.2) is 16.5 Å². The van der Waals surface area contributed by atoms with Crippen molar-refractivity contribution in [2.45, 2.75) is 32.8 Å². The Hall–Kier alpha value is -1.15. The number of aliphatic hydroxyl groups is 1. The van der Waals surface area contributed by atoms with Gasteiger partial charge in [-0.05, 0) is 24.6 Å². The minimum atomic E-state index is -0.986. The number of rotatable bonds is 0. The highest BCUT2D eigenvalue weighted by molar-refractivity contribution is 5.93. The zero-order valence-corrected chi connectivity index (χ0v) is 9.37. The smallest absolute Gasteiger partial charge is 0.156 e. The Bertz CT molecular complexity index is 410. The highest BCUT2D eigenvalue weighted by Gasteiger charge is 2.48. The number of hydrogen-bond donors (Lipinski definition) is 1. The van der Waals surface area contributed by atoms with Gasteiger partial charge in [-0.25, -0.2) is 0 Å². The molecule has 1 atom stereocenters. The van der Waals surface area contributed by atoms with E-state index in [1.807, 2.05) is 32.9 Å². The van der Waals surface area contributed by atoms with E-state index < -0.39 is 11.0 Å². The molecule has 0 unspecified atom stereocenters. The second-order valence-electron chi connectivity index (χ2n) is 5.11. The summed E-state index contributed by atoms with van der Waals surface area (Å²) in [4.78, 5) is 11.5. The second-order valence-corrected chi connectivity index (χ2v) is 5.11. The maximum Gasteiger partial charge on any atom is 0.156 e. The second kappa shape index (κ2) is 2.92. The molecule has 15 heavy (non-hydrogen) atoms. The minimum Gasteiger partial charge on any atom is -0.380 e. The molecule has 0 amide bonds. The summed E-state index contributed by atoms with van der Waals surface area (Å²) in [5.74, 6) is 0.0963. The third-order valence-electron chi connectivity index (χ3n) is 3.38. The molecule has 0 aromatic carbocycles. The van der Waals surface area contributed by atoms with Gasteiger partial charge in [0.25, 0.3) is 0 Å². The lowest BCUT2D eigenvalue weighted by molar-refractivity contribution is -0.121. The van der Waals surface area contributed by atoms with E-state index >= 15 is 0 Å². The number of carbonyl (C=O) groups excluding carboxylic acids is 1. The number of fused-ring (bicyclic) bond motifs is 1. The first-order valence-electron chi connectivity index (χ1n) is 5.20. The first-order valence-corrected chi connectivity index (χ1v) is 5.20. The Balaban J connectivity index is 2.59. The fourth-order valence-electron chi connectivity index (χ4n) is 2.31. The summed E-state index contributed by atoms with van der Waals surface area (Å²) in [6.07, 6.45) is 7.57. The predicted molar refractivity (Wildman–Crippen MR) is 59.3 cm³/mol. The summed E-state index contributed by atoms with van der Waals surface area (Å²) in [5.41, 5.74) is 0.377. The highest BCUT2D eigenvalue weighted by Crippen LogP contribution is 2.46. The predicted octanol–water partition coefficient (Wildman–Crippen LogP) is 2.16. The minimum absolute atomic E-state index is 0.0963. The van der Waals surface area contributed by atoms with E-state index in [-0.39, 0.29) is 5.78 Å². The molecular weight excluding hydrogens is 188 g/mol. The van der Waals surface area contributed by atoms with Crippen molar-refractivity contribution >= 4 is 5.78 Å². The molecular formula is C13H16O2. The van der Waals surface area contributed by atoms with E-state index in [4.69, 9.17) is 0 Å². The molecule has 2 aliphatic rings. The Kier molecular flexibility index (Phi) is 2.02. The number of allylic oxidation sites excluding steroid dienone is 3. The van der Waals surface area contributed by atoms with Crippen LogP contribution in [0.4, 0.5) is 0 Å². The van der Waals surface area contributed by atoms with Gasteiger partial charge >= 0.3 is 0 Å². The molecule has 0 saturated carbocycles. The molecule has 0 fully saturated rings. The van der Waals surface area contributed by atoms with E-state index in [9.17, 15) is 9.90 Å². The van der Waals surface area contributed by atoms with Gasteiger partial charge in [-0.2, -0.15) is 0 Å². The maximum atomic E-state index is 11.5. The molecule has 0 radical (unpaired) electrons. The van der Waals surface area contributed by atoms with E-state index in [0.29, 0.717) is 6.42 Å². The van der Waals surface area contributed by atoms with Crippen LogP contribution >= 0.6 is 0 Å². The van der Waals surface area contributed by atoms with Crippen LogP contribution in [0.5, 0.6) is 0 Å². The molecule has 2 rings (SSSR count). The van der Waals surface area contributed by atoms with Crippen molar-refractivity contribution in [3.05, 3.63) is 35.5 Å². The highest BCUT2D eigenvalue weighted by atomic mass is 16.3. The Morgan fingerprint density at radius 3 is 2.67 bits per heavy atom. The van der Waals surface area contributed by atoms with E-state index in [1.165, 1.54) is 0 Å². The summed E-state index contributed by atoms with van der Waals surface area (Å²) >= 11 is 0. The summed E-state index contributed by atoms with van der Waals surface area (Å²) < 4.78 is 0. The van der Waals surface area contributed by atoms with Crippen LogP contribution in [0.2, 0.25) is 0 Å². The van der Waals surface area contributed by atoms with Gasteiger partial charge in [0, 0.05) is 11.8 Å². The summed E-state index contributed by atoms with van der Waals surface area (Å²) in [6.45, 7) is 5.82. The molecule has 0 aromatic heterocycles. The largest absolute Gasteiger partial charge is 0.380 e. The zero-order valence-electron chi connectivity index (χ0n) is 9.37. The molecule has 0 aliphatic heterocycles. The van der Waals surface area contributed by atoms with Crippen molar-refractivity contribution < 1.29 is 9.90 Å².